The second-order valence-corrected chi connectivity index (χ2v) is 4.76. The fraction of sp³-hybridized carbons (Fsp3) is 0.0667. The number of hydrogen-bond acceptors (Lipinski definition) is 5. The number of rotatable bonds is 3. The SMILES string of the molecule is COc1cccc(-n2c(=O)[nH]c3ccc([N+](=O)[O-])cc3c2=O)c1. The van der Waals surface area contributed by atoms with Crippen molar-refractivity contribution >= 4 is 16.6 Å². The molecule has 2 aromatic carbocycles. The summed E-state index contributed by atoms with van der Waals surface area (Å²) >= 11 is 0. The molecular weight excluding hydrogens is 302 g/mol. The molecule has 3 rings (SSSR count). The maximum atomic E-state index is 12.6. The molecule has 23 heavy (non-hydrogen) atoms. The van der Waals surface area contributed by atoms with Crippen molar-refractivity contribution in [3.8, 4) is 11.4 Å². The first kappa shape index (κ1) is 14.5. The number of methoxy groups -OCH3 is 1. The lowest BCUT2D eigenvalue weighted by Gasteiger charge is -2.08. The van der Waals surface area contributed by atoms with Crippen LogP contribution in [-0.4, -0.2) is 21.6 Å². The summed E-state index contributed by atoms with van der Waals surface area (Å²) in [5.41, 5.74) is -0.946. The molecule has 0 bridgehead atoms. The third-order valence-electron chi connectivity index (χ3n) is 3.40. The number of H-pyrrole nitrogens is 1. The van der Waals surface area contributed by atoms with Crippen LogP contribution in [0.3, 0.4) is 0 Å². The van der Waals surface area contributed by atoms with Gasteiger partial charge in [0.2, 0.25) is 0 Å². The molecule has 0 amide bonds. The first-order chi connectivity index (χ1) is 11.0. The zero-order valence-corrected chi connectivity index (χ0v) is 12.0. The van der Waals surface area contributed by atoms with E-state index in [1.807, 2.05) is 0 Å². The molecule has 1 heterocycles. The Morgan fingerprint density at radius 1 is 1.17 bits per heavy atom. The number of nitrogens with zero attached hydrogens (tertiary/aromatic N) is 2. The van der Waals surface area contributed by atoms with Crippen LogP contribution in [0.1, 0.15) is 0 Å². The van der Waals surface area contributed by atoms with Crippen LogP contribution in [0, 0.1) is 10.1 Å². The monoisotopic (exact) mass is 313 g/mol. The molecule has 0 aliphatic carbocycles. The Bertz CT molecular complexity index is 1040. The molecule has 0 saturated carbocycles. The van der Waals surface area contributed by atoms with E-state index in [2.05, 4.69) is 4.98 Å². The molecule has 0 unspecified atom stereocenters. The average Bonchev–Trinajstić information content (AvgIpc) is 2.54. The summed E-state index contributed by atoms with van der Waals surface area (Å²) in [6.45, 7) is 0. The minimum atomic E-state index is -0.638. The van der Waals surface area contributed by atoms with Crippen LogP contribution in [0.4, 0.5) is 5.69 Å². The lowest BCUT2D eigenvalue weighted by molar-refractivity contribution is -0.384. The summed E-state index contributed by atoms with van der Waals surface area (Å²) in [5, 5.41) is 10.9. The molecule has 0 atom stereocenters. The smallest absolute Gasteiger partial charge is 0.333 e. The molecule has 8 nitrogen and oxygen atoms in total. The maximum Gasteiger partial charge on any atom is 0.333 e. The Morgan fingerprint density at radius 2 is 1.96 bits per heavy atom. The number of nitro groups is 1. The van der Waals surface area contributed by atoms with E-state index in [0.29, 0.717) is 11.4 Å². The van der Waals surface area contributed by atoms with Crippen molar-refractivity contribution in [2.75, 3.05) is 7.11 Å². The number of hydrogen-bond donors (Lipinski definition) is 1. The van der Waals surface area contributed by atoms with Crippen LogP contribution in [0.2, 0.25) is 0 Å². The average molecular weight is 313 g/mol. The van der Waals surface area contributed by atoms with Crippen molar-refractivity contribution < 1.29 is 9.66 Å². The van der Waals surface area contributed by atoms with Crippen LogP contribution >= 0.6 is 0 Å². The summed E-state index contributed by atoms with van der Waals surface area (Å²) in [4.78, 5) is 37.6. The molecule has 0 spiro atoms. The topological polar surface area (TPSA) is 107 Å². The third-order valence-corrected chi connectivity index (χ3v) is 3.40. The van der Waals surface area contributed by atoms with Crippen LogP contribution in [0.25, 0.3) is 16.6 Å². The van der Waals surface area contributed by atoms with Crippen molar-refractivity contribution in [1.29, 1.82) is 0 Å². The van der Waals surface area contributed by atoms with Crippen molar-refractivity contribution in [2.45, 2.75) is 0 Å². The van der Waals surface area contributed by atoms with E-state index in [4.69, 9.17) is 4.74 Å². The number of fused-ring (bicyclic) bond motifs is 1. The normalized spacial score (nSPS) is 10.7. The van der Waals surface area contributed by atoms with E-state index in [9.17, 15) is 19.7 Å². The van der Waals surface area contributed by atoms with E-state index in [0.717, 1.165) is 10.6 Å². The zero-order chi connectivity index (χ0) is 16.6. The second-order valence-electron chi connectivity index (χ2n) is 4.76. The minimum Gasteiger partial charge on any atom is -0.497 e. The molecule has 0 aliphatic rings. The first-order valence-corrected chi connectivity index (χ1v) is 6.59. The van der Waals surface area contributed by atoms with Gasteiger partial charge in [-0.25, -0.2) is 9.36 Å². The summed E-state index contributed by atoms with van der Waals surface area (Å²) in [7, 11) is 1.47. The molecule has 8 heteroatoms. The van der Waals surface area contributed by atoms with Gasteiger partial charge in [-0.1, -0.05) is 6.07 Å². The van der Waals surface area contributed by atoms with Gasteiger partial charge in [-0.3, -0.25) is 14.9 Å². The van der Waals surface area contributed by atoms with Crippen molar-refractivity contribution in [2.24, 2.45) is 0 Å². The highest BCUT2D eigenvalue weighted by Crippen LogP contribution is 2.17. The zero-order valence-electron chi connectivity index (χ0n) is 12.0. The van der Waals surface area contributed by atoms with Gasteiger partial charge in [-0.2, -0.15) is 0 Å². The highest BCUT2D eigenvalue weighted by Gasteiger charge is 2.14. The molecule has 1 N–H and O–H groups in total. The Balaban J connectivity index is 2.34. The Hall–Kier alpha value is -3.42. The fourth-order valence-corrected chi connectivity index (χ4v) is 2.30. The van der Waals surface area contributed by atoms with Crippen molar-refractivity contribution in [3.05, 3.63) is 73.4 Å². The summed E-state index contributed by atoms with van der Waals surface area (Å²) in [6, 6.07) is 10.1. The Labute approximate surface area is 128 Å². The molecule has 116 valence electrons. The lowest BCUT2D eigenvalue weighted by Crippen LogP contribution is -2.33. The van der Waals surface area contributed by atoms with E-state index in [-0.39, 0.29) is 16.6 Å². The number of aromatic nitrogens is 2. The number of nitro benzene ring substituents is 1. The highest BCUT2D eigenvalue weighted by atomic mass is 16.6. The van der Waals surface area contributed by atoms with Crippen LogP contribution in [0.5, 0.6) is 5.75 Å². The van der Waals surface area contributed by atoms with Crippen LogP contribution < -0.4 is 16.0 Å². The fourth-order valence-electron chi connectivity index (χ4n) is 2.30. The van der Waals surface area contributed by atoms with Gasteiger partial charge in [-0.15, -0.1) is 0 Å². The molecule has 0 saturated heterocycles. The van der Waals surface area contributed by atoms with Gasteiger partial charge in [0.15, 0.2) is 0 Å². The van der Waals surface area contributed by atoms with Crippen LogP contribution in [0.15, 0.2) is 52.1 Å². The van der Waals surface area contributed by atoms with Crippen molar-refractivity contribution in [3.63, 3.8) is 0 Å². The summed E-state index contributed by atoms with van der Waals surface area (Å²) < 4.78 is 5.99. The molecule has 0 aliphatic heterocycles. The Morgan fingerprint density at radius 3 is 2.65 bits per heavy atom. The largest absolute Gasteiger partial charge is 0.497 e. The number of benzene rings is 2. The minimum absolute atomic E-state index is 0.0571. The van der Waals surface area contributed by atoms with Gasteiger partial charge in [-0.05, 0) is 18.2 Å². The predicted octanol–water partition coefficient (Wildman–Crippen LogP) is 1.60. The molecule has 0 fully saturated rings. The number of non-ortho nitro benzene ring substituents is 1. The standard InChI is InChI=1S/C15H11N3O5/c1-23-11-4-2-3-9(7-11)17-14(19)12-8-10(18(21)22)5-6-13(12)16-15(17)20/h2-8H,1H3,(H,16,20). The second kappa shape index (κ2) is 5.41. The molecule has 0 radical (unpaired) electrons. The van der Waals surface area contributed by atoms with Gasteiger partial charge >= 0.3 is 5.69 Å². The predicted molar refractivity (Wildman–Crippen MR) is 83.4 cm³/mol. The van der Waals surface area contributed by atoms with E-state index < -0.39 is 16.2 Å². The van der Waals surface area contributed by atoms with Gasteiger partial charge in [0.1, 0.15) is 5.75 Å². The van der Waals surface area contributed by atoms with Gasteiger partial charge < -0.3 is 9.72 Å². The van der Waals surface area contributed by atoms with E-state index in [1.54, 1.807) is 18.2 Å². The summed E-state index contributed by atoms with van der Waals surface area (Å²) in [6.07, 6.45) is 0. The molecule has 3 aromatic rings. The number of aromatic amines is 1. The van der Waals surface area contributed by atoms with Crippen LogP contribution in [-0.2, 0) is 0 Å². The van der Waals surface area contributed by atoms with Gasteiger partial charge in [0.25, 0.3) is 11.2 Å². The van der Waals surface area contributed by atoms with Crippen molar-refractivity contribution in [1.82, 2.24) is 9.55 Å². The Kier molecular flexibility index (Phi) is 3.41. The maximum absolute atomic E-state index is 12.6. The quantitative estimate of drug-likeness (QED) is 0.583. The highest BCUT2D eigenvalue weighted by molar-refractivity contribution is 5.80. The van der Waals surface area contributed by atoms with E-state index >= 15 is 0 Å². The van der Waals surface area contributed by atoms with Gasteiger partial charge in [0.05, 0.1) is 28.6 Å². The first-order valence-electron chi connectivity index (χ1n) is 6.59. The molecule has 1 aromatic heterocycles. The van der Waals surface area contributed by atoms with E-state index in [1.165, 1.54) is 25.3 Å². The van der Waals surface area contributed by atoms with Gasteiger partial charge in [0, 0.05) is 18.2 Å². The molecular formula is C15H11N3O5. The number of ether oxygens (including phenoxy) is 1. The third kappa shape index (κ3) is 2.46. The lowest BCUT2D eigenvalue weighted by atomic mass is 10.2. The number of nitrogens with one attached hydrogen (secondary N) is 1. The summed E-state index contributed by atoms with van der Waals surface area (Å²) in [5.74, 6) is 0.480.